The average Bonchev–Trinajstić information content (AvgIpc) is 2.90. The summed E-state index contributed by atoms with van der Waals surface area (Å²) in [5.41, 5.74) is 0. The number of thiazole rings is 1. The zero-order chi connectivity index (χ0) is 11.4. The molecule has 1 atom stereocenters. The topological polar surface area (TPSA) is 45.2 Å². The maximum absolute atomic E-state index is 11.9. The van der Waals surface area contributed by atoms with Gasteiger partial charge in [0.15, 0.2) is 0 Å². The van der Waals surface area contributed by atoms with Gasteiger partial charge in [0.2, 0.25) is 5.91 Å². The van der Waals surface area contributed by atoms with E-state index in [-0.39, 0.29) is 5.91 Å². The summed E-state index contributed by atoms with van der Waals surface area (Å²) in [6, 6.07) is 0.381. The SMILES string of the molecule is CN(Cc1nccs1)C(=O)CC1CCCN1. The minimum atomic E-state index is 0.203. The van der Waals surface area contributed by atoms with E-state index >= 15 is 0 Å². The molecule has 0 bridgehead atoms. The highest BCUT2D eigenvalue weighted by Gasteiger charge is 2.20. The van der Waals surface area contributed by atoms with E-state index in [4.69, 9.17) is 0 Å². The molecule has 0 radical (unpaired) electrons. The minimum Gasteiger partial charge on any atom is -0.339 e. The first kappa shape index (κ1) is 11.5. The predicted molar refractivity (Wildman–Crippen MR) is 64.2 cm³/mol. The van der Waals surface area contributed by atoms with E-state index in [0.717, 1.165) is 18.0 Å². The van der Waals surface area contributed by atoms with Crippen LogP contribution in [0, 0.1) is 0 Å². The number of rotatable bonds is 4. The Morgan fingerprint density at radius 3 is 3.25 bits per heavy atom. The summed E-state index contributed by atoms with van der Waals surface area (Å²) in [5.74, 6) is 0.203. The van der Waals surface area contributed by atoms with Crippen molar-refractivity contribution < 1.29 is 4.79 Å². The molecule has 1 saturated heterocycles. The van der Waals surface area contributed by atoms with E-state index < -0.39 is 0 Å². The van der Waals surface area contributed by atoms with E-state index in [1.54, 1.807) is 22.4 Å². The Balaban J connectivity index is 1.79. The molecule has 1 amide bonds. The molecule has 1 unspecified atom stereocenters. The van der Waals surface area contributed by atoms with Crippen LogP contribution in [0.1, 0.15) is 24.3 Å². The predicted octanol–water partition coefficient (Wildman–Crippen LogP) is 1.24. The molecule has 0 aromatic carbocycles. The Hall–Kier alpha value is -0.940. The van der Waals surface area contributed by atoms with Gasteiger partial charge in [0, 0.05) is 31.1 Å². The maximum atomic E-state index is 11.9. The van der Waals surface area contributed by atoms with Gasteiger partial charge in [0.1, 0.15) is 5.01 Å². The Kier molecular flexibility index (Phi) is 3.90. The molecule has 1 fully saturated rings. The summed E-state index contributed by atoms with van der Waals surface area (Å²) in [6.45, 7) is 1.68. The number of amides is 1. The largest absolute Gasteiger partial charge is 0.339 e. The molecule has 1 aromatic heterocycles. The van der Waals surface area contributed by atoms with Gasteiger partial charge in [-0.1, -0.05) is 0 Å². The third-order valence-electron chi connectivity index (χ3n) is 2.87. The van der Waals surface area contributed by atoms with Crippen molar-refractivity contribution in [2.24, 2.45) is 0 Å². The molecule has 5 heteroatoms. The van der Waals surface area contributed by atoms with Crippen LogP contribution in [0.4, 0.5) is 0 Å². The summed E-state index contributed by atoms with van der Waals surface area (Å²) in [5, 5.41) is 6.27. The van der Waals surface area contributed by atoms with E-state index in [0.29, 0.717) is 19.0 Å². The highest BCUT2D eigenvalue weighted by molar-refractivity contribution is 7.09. The molecular weight excluding hydrogens is 222 g/mol. The normalized spacial score (nSPS) is 19.9. The second-order valence-corrected chi connectivity index (χ2v) is 5.15. The van der Waals surface area contributed by atoms with Crippen LogP contribution in [0.2, 0.25) is 0 Å². The fraction of sp³-hybridized carbons (Fsp3) is 0.636. The Morgan fingerprint density at radius 1 is 1.75 bits per heavy atom. The minimum absolute atomic E-state index is 0.203. The standard InChI is InChI=1S/C11H17N3OS/c1-14(8-10-13-5-6-16-10)11(15)7-9-3-2-4-12-9/h5-6,9,12H,2-4,7-8H2,1H3. The monoisotopic (exact) mass is 239 g/mol. The summed E-state index contributed by atoms with van der Waals surface area (Å²) in [7, 11) is 1.85. The number of nitrogens with zero attached hydrogens (tertiary/aromatic N) is 2. The van der Waals surface area contributed by atoms with Crippen LogP contribution in [0.5, 0.6) is 0 Å². The summed E-state index contributed by atoms with van der Waals surface area (Å²) < 4.78 is 0. The second-order valence-electron chi connectivity index (χ2n) is 4.17. The fourth-order valence-corrected chi connectivity index (χ4v) is 2.59. The van der Waals surface area contributed by atoms with Crippen molar-refractivity contribution in [1.82, 2.24) is 15.2 Å². The van der Waals surface area contributed by atoms with Crippen LogP contribution in [0.25, 0.3) is 0 Å². The van der Waals surface area contributed by atoms with Gasteiger partial charge in [0.05, 0.1) is 6.54 Å². The van der Waals surface area contributed by atoms with E-state index in [1.807, 2.05) is 12.4 Å². The molecule has 1 aliphatic heterocycles. The van der Waals surface area contributed by atoms with Gasteiger partial charge in [-0.2, -0.15) is 0 Å². The van der Waals surface area contributed by atoms with Crippen LogP contribution in [0.3, 0.4) is 0 Å². The van der Waals surface area contributed by atoms with Crippen LogP contribution < -0.4 is 5.32 Å². The smallest absolute Gasteiger partial charge is 0.224 e. The van der Waals surface area contributed by atoms with Crippen molar-refractivity contribution in [3.63, 3.8) is 0 Å². The molecule has 1 aromatic rings. The van der Waals surface area contributed by atoms with Gasteiger partial charge in [-0.15, -0.1) is 11.3 Å². The Morgan fingerprint density at radius 2 is 2.62 bits per heavy atom. The lowest BCUT2D eigenvalue weighted by atomic mass is 10.1. The third-order valence-corrected chi connectivity index (χ3v) is 3.63. The molecule has 0 saturated carbocycles. The van der Waals surface area contributed by atoms with Crippen molar-refractivity contribution in [2.45, 2.75) is 31.8 Å². The highest BCUT2D eigenvalue weighted by Crippen LogP contribution is 2.12. The molecule has 1 aliphatic rings. The molecule has 1 N–H and O–H groups in total. The quantitative estimate of drug-likeness (QED) is 0.860. The zero-order valence-electron chi connectivity index (χ0n) is 9.48. The number of nitrogens with one attached hydrogen (secondary N) is 1. The van der Waals surface area contributed by atoms with Crippen molar-refractivity contribution in [2.75, 3.05) is 13.6 Å². The van der Waals surface area contributed by atoms with Crippen molar-refractivity contribution in [1.29, 1.82) is 0 Å². The lowest BCUT2D eigenvalue weighted by Gasteiger charge is -2.18. The number of carbonyl (C=O) groups excluding carboxylic acids is 1. The fourth-order valence-electron chi connectivity index (χ4n) is 1.92. The Labute approximate surface area is 99.7 Å². The van der Waals surface area contributed by atoms with Gasteiger partial charge in [-0.3, -0.25) is 4.79 Å². The van der Waals surface area contributed by atoms with Crippen molar-refractivity contribution in [3.8, 4) is 0 Å². The maximum Gasteiger partial charge on any atom is 0.224 e. The van der Waals surface area contributed by atoms with E-state index in [9.17, 15) is 4.79 Å². The molecule has 16 heavy (non-hydrogen) atoms. The van der Waals surface area contributed by atoms with Gasteiger partial charge >= 0.3 is 0 Å². The molecule has 88 valence electrons. The first-order chi connectivity index (χ1) is 7.75. The lowest BCUT2D eigenvalue weighted by Crippen LogP contribution is -2.33. The molecule has 2 heterocycles. The zero-order valence-corrected chi connectivity index (χ0v) is 10.3. The lowest BCUT2D eigenvalue weighted by molar-refractivity contribution is -0.130. The van der Waals surface area contributed by atoms with E-state index in [1.165, 1.54) is 6.42 Å². The van der Waals surface area contributed by atoms with Crippen molar-refractivity contribution in [3.05, 3.63) is 16.6 Å². The van der Waals surface area contributed by atoms with Gasteiger partial charge < -0.3 is 10.2 Å². The van der Waals surface area contributed by atoms with Crippen LogP contribution in [-0.2, 0) is 11.3 Å². The summed E-state index contributed by atoms with van der Waals surface area (Å²) in [4.78, 5) is 17.8. The second kappa shape index (κ2) is 5.41. The first-order valence-corrected chi connectivity index (χ1v) is 6.49. The number of hydrogen-bond donors (Lipinski definition) is 1. The van der Waals surface area contributed by atoms with Crippen LogP contribution >= 0.6 is 11.3 Å². The molecular formula is C11H17N3OS. The van der Waals surface area contributed by atoms with Gasteiger partial charge in [0.25, 0.3) is 0 Å². The number of aromatic nitrogens is 1. The molecule has 4 nitrogen and oxygen atoms in total. The van der Waals surface area contributed by atoms with Gasteiger partial charge in [-0.05, 0) is 19.4 Å². The molecule has 0 spiro atoms. The van der Waals surface area contributed by atoms with Crippen LogP contribution in [0.15, 0.2) is 11.6 Å². The molecule has 0 aliphatic carbocycles. The number of carbonyl (C=O) groups is 1. The first-order valence-electron chi connectivity index (χ1n) is 5.61. The van der Waals surface area contributed by atoms with Crippen LogP contribution in [-0.4, -0.2) is 35.4 Å². The highest BCUT2D eigenvalue weighted by atomic mass is 32.1. The number of hydrogen-bond acceptors (Lipinski definition) is 4. The average molecular weight is 239 g/mol. The van der Waals surface area contributed by atoms with E-state index in [2.05, 4.69) is 10.3 Å². The third kappa shape index (κ3) is 3.02. The summed E-state index contributed by atoms with van der Waals surface area (Å²) in [6.07, 6.45) is 4.70. The Bertz CT molecular complexity index is 333. The summed E-state index contributed by atoms with van der Waals surface area (Å²) >= 11 is 1.59. The molecule has 2 rings (SSSR count). The van der Waals surface area contributed by atoms with Crippen molar-refractivity contribution >= 4 is 17.2 Å². The van der Waals surface area contributed by atoms with Gasteiger partial charge in [-0.25, -0.2) is 4.98 Å².